The number of fused-ring (bicyclic) bond motifs is 2. The third-order valence-corrected chi connectivity index (χ3v) is 4.84. The van der Waals surface area contributed by atoms with E-state index in [9.17, 15) is 9.59 Å². The van der Waals surface area contributed by atoms with Crippen molar-refractivity contribution in [1.29, 1.82) is 0 Å². The topological polar surface area (TPSA) is 57.6 Å². The van der Waals surface area contributed by atoms with Gasteiger partial charge >= 0.3 is 0 Å². The van der Waals surface area contributed by atoms with Gasteiger partial charge in [-0.3, -0.25) is 9.59 Å². The first kappa shape index (κ1) is 14.8. The van der Waals surface area contributed by atoms with Crippen LogP contribution in [0.3, 0.4) is 0 Å². The van der Waals surface area contributed by atoms with Crippen LogP contribution in [-0.2, 0) is 16.1 Å². The molecule has 0 saturated heterocycles. The predicted molar refractivity (Wildman–Crippen MR) is 91.8 cm³/mol. The van der Waals surface area contributed by atoms with Crippen molar-refractivity contribution >= 4 is 23.2 Å². The van der Waals surface area contributed by atoms with E-state index >= 15 is 0 Å². The summed E-state index contributed by atoms with van der Waals surface area (Å²) in [4.78, 5) is 28.5. The number of amides is 2. The van der Waals surface area contributed by atoms with E-state index in [0.29, 0.717) is 6.54 Å². The zero-order valence-electron chi connectivity index (χ0n) is 13.6. The van der Waals surface area contributed by atoms with Crippen LogP contribution in [0.2, 0.25) is 0 Å². The molecule has 1 atom stereocenters. The summed E-state index contributed by atoms with van der Waals surface area (Å²) in [6.07, 6.45) is 2.05. The quantitative estimate of drug-likeness (QED) is 0.917. The smallest absolute Gasteiger partial charge is 0.243 e. The van der Waals surface area contributed by atoms with Crippen molar-refractivity contribution in [2.75, 3.05) is 29.9 Å². The first-order chi connectivity index (χ1) is 11.6. The molecular weight excluding hydrogens is 304 g/mol. The van der Waals surface area contributed by atoms with Crippen molar-refractivity contribution < 1.29 is 9.59 Å². The Hall–Kier alpha value is -2.76. The highest BCUT2D eigenvalue weighted by molar-refractivity contribution is 6.02. The number of rotatable bonds is 2. The van der Waals surface area contributed by atoms with Crippen LogP contribution in [0.4, 0.5) is 11.4 Å². The lowest BCUT2D eigenvalue weighted by atomic mass is 10.1. The van der Waals surface area contributed by atoms with Gasteiger partial charge in [-0.1, -0.05) is 12.1 Å². The number of benzene rings is 1. The average molecular weight is 324 g/mol. The summed E-state index contributed by atoms with van der Waals surface area (Å²) in [5.74, 6) is -0.0264. The molecule has 6 heteroatoms. The minimum atomic E-state index is -0.0814. The zero-order chi connectivity index (χ0) is 16.7. The Balaban J connectivity index is 1.54. The van der Waals surface area contributed by atoms with Crippen LogP contribution < -0.4 is 10.2 Å². The second kappa shape index (κ2) is 5.70. The molecule has 0 aliphatic carbocycles. The third-order valence-electron chi connectivity index (χ3n) is 4.84. The SMILES string of the molecule is C[C@H]1c2cccn2CCN1C(=O)CN1CC(=O)Nc2ccccc21. The van der Waals surface area contributed by atoms with Crippen molar-refractivity contribution in [2.24, 2.45) is 0 Å². The van der Waals surface area contributed by atoms with E-state index in [-0.39, 0.29) is 30.9 Å². The Morgan fingerprint density at radius 2 is 2.04 bits per heavy atom. The minimum absolute atomic E-state index is 0.0510. The largest absolute Gasteiger partial charge is 0.351 e. The number of hydrogen-bond acceptors (Lipinski definition) is 3. The molecule has 3 heterocycles. The molecule has 6 nitrogen and oxygen atoms in total. The summed E-state index contributed by atoms with van der Waals surface area (Å²) in [7, 11) is 0. The molecule has 1 N–H and O–H groups in total. The molecule has 0 bridgehead atoms. The Kier molecular flexibility index (Phi) is 3.52. The maximum absolute atomic E-state index is 12.9. The van der Waals surface area contributed by atoms with Gasteiger partial charge in [-0.25, -0.2) is 0 Å². The van der Waals surface area contributed by atoms with Crippen LogP contribution in [-0.4, -0.2) is 40.9 Å². The highest BCUT2D eigenvalue weighted by Gasteiger charge is 2.30. The maximum atomic E-state index is 12.9. The van der Waals surface area contributed by atoms with E-state index < -0.39 is 0 Å². The van der Waals surface area contributed by atoms with E-state index in [2.05, 4.69) is 29.1 Å². The number of para-hydroxylation sites is 2. The van der Waals surface area contributed by atoms with E-state index in [0.717, 1.165) is 23.6 Å². The summed E-state index contributed by atoms with van der Waals surface area (Å²) in [5, 5.41) is 2.85. The number of carbonyl (C=O) groups excluding carboxylic acids is 2. The number of anilines is 2. The Labute approximate surface area is 140 Å². The molecule has 2 aliphatic rings. The lowest BCUT2D eigenvalue weighted by molar-refractivity contribution is -0.132. The lowest BCUT2D eigenvalue weighted by Gasteiger charge is -2.37. The van der Waals surface area contributed by atoms with Gasteiger partial charge in [0.2, 0.25) is 11.8 Å². The van der Waals surface area contributed by atoms with Gasteiger partial charge in [0.1, 0.15) is 0 Å². The van der Waals surface area contributed by atoms with Gasteiger partial charge in [0, 0.05) is 25.0 Å². The van der Waals surface area contributed by atoms with Crippen LogP contribution >= 0.6 is 0 Å². The number of nitrogens with one attached hydrogen (secondary N) is 1. The third kappa shape index (κ3) is 2.44. The highest BCUT2D eigenvalue weighted by atomic mass is 16.2. The molecule has 0 saturated carbocycles. The summed E-state index contributed by atoms with van der Waals surface area (Å²) in [6, 6.07) is 11.7. The Morgan fingerprint density at radius 3 is 2.92 bits per heavy atom. The molecule has 24 heavy (non-hydrogen) atoms. The van der Waals surface area contributed by atoms with Crippen LogP contribution in [0.15, 0.2) is 42.6 Å². The molecule has 0 radical (unpaired) electrons. The fourth-order valence-corrected chi connectivity index (χ4v) is 3.62. The van der Waals surface area contributed by atoms with Crippen LogP contribution in [0, 0.1) is 0 Å². The predicted octanol–water partition coefficient (Wildman–Crippen LogP) is 1.85. The van der Waals surface area contributed by atoms with Gasteiger partial charge < -0.3 is 19.7 Å². The van der Waals surface area contributed by atoms with E-state index in [4.69, 9.17) is 0 Å². The Morgan fingerprint density at radius 1 is 1.21 bits per heavy atom. The van der Waals surface area contributed by atoms with Gasteiger partial charge in [0.15, 0.2) is 0 Å². The van der Waals surface area contributed by atoms with Gasteiger partial charge in [-0.2, -0.15) is 0 Å². The average Bonchev–Trinajstić information content (AvgIpc) is 3.04. The molecule has 0 fully saturated rings. The maximum Gasteiger partial charge on any atom is 0.243 e. The summed E-state index contributed by atoms with van der Waals surface area (Å²) >= 11 is 0. The standard InChI is InChI=1S/C18H20N4O2/c1-13-15-7-4-8-20(15)9-10-22(13)18(24)12-21-11-17(23)19-14-5-2-3-6-16(14)21/h2-8,13H,9-12H2,1H3,(H,19,23)/t13-/m0/s1. The fraction of sp³-hybridized carbons (Fsp3) is 0.333. The van der Waals surface area contributed by atoms with Crippen molar-refractivity contribution in [3.05, 3.63) is 48.3 Å². The van der Waals surface area contributed by atoms with E-state index in [1.807, 2.05) is 40.1 Å². The second-order valence-corrected chi connectivity index (χ2v) is 6.31. The molecule has 124 valence electrons. The normalized spacial score (nSPS) is 19.5. The highest BCUT2D eigenvalue weighted by Crippen LogP contribution is 2.30. The molecule has 2 amide bonds. The first-order valence-electron chi connectivity index (χ1n) is 8.22. The lowest BCUT2D eigenvalue weighted by Crippen LogP contribution is -2.48. The molecule has 0 spiro atoms. The van der Waals surface area contributed by atoms with Gasteiger partial charge in [0.05, 0.1) is 30.5 Å². The molecular formula is C18H20N4O2. The van der Waals surface area contributed by atoms with Crippen molar-refractivity contribution in [1.82, 2.24) is 9.47 Å². The van der Waals surface area contributed by atoms with Crippen LogP contribution in [0.25, 0.3) is 0 Å². The van der Waals surface area contributed by atoms with Gasteiger partial charge in [-0.05, 0) is 31.2 Å². The van der Waals surface area contributed by atoms with Gasteiger partial charge in [-0.15, -0.1) is 0 Å². The van der Waals surface area contributed by atoms with Crippen molar-refractivity contribution in [3.63, 3.8) is 0 Å². The number of hydrogen-bond donors (Lipinski definition) is 1. The monoisotopic (exact) mass is 324 g/mol. The first-order valence-corrected chi connectivity index (χ1v) is 8.22. The number of nitrogens with zero attached hydrogens (tertiary/aromatic N) is 3. The molecule has 2 aromatic rings. The molecule has 1 aromatic carbocycles. The molecule has 0 unspecified atom stereocenters. The fourth-order valence-electron chi connectivity index (χ4n) is 3.62. The summed E-state index contributed by atoms with van der Waals surface area (Å²) < 4.78 is 2.19. The summed E-state index contributed by atoms with van der Waals surface area (Å²) in [6.45, 7) is 4.00. The van der Waals surface area contributed by atoms with Crippen molar-refractivity contribution in [2.45, 2.75) is 19.5 Å². The molecule has 1 aromatic heterocycles. The van der Waals surface area contributed by atoms with E-state index in [1.165, 1.54) is 0 Å². The zero-order valence-corrected chi connectivity index (χ0v) is 13.6. The minimum Gasteiger partial charge on any atom is -0.351 e. The van der Waals surface area contributed by atoms with Gasteiger partial charge in [0.25, 0.3) is 0 Å². The second-order valence-electron chi connectivity index (χ2n) is 6.31. The van der Waals surface area contributed by atoms with Crippen molar-refractivity contribution in [3.8, 4) is 0 Å². The number of aromatic nitrogens is 1. The molecule has 2 aliphatic heterocycles. The van der Waals surface area contributed by atoms with E-state index in [1.54, 1.807) is 0 Å². The number of carbonyl (C=O) groups is 2. The Bertz CT molecular complexity index is 798. The van der Waals surface area contributed by atoms with Crippen LogP contribution in [0.5, 0.6) is 0 Å². The molecule has 4 rings (SSSR count). The summed E-state index contributed by atoms with van der Waals surface area (Å²) in [5.41, 5.74) is 2.83. The van der Waals surface area contributed by atoms with Crippen LogP contribution in [0.1, 0.15) is 18.7 Å².